The number of hydrogen-bond acceptors (Lipinski definition) is 3. The van der Waals surface area contributed by atoms with Crippen LogP contribution in [0.25, 0.3) is 0 Å². The zero-order valence-corrected chi connectivity index (χ0v) is 17.3. The Kier molecular flexibility index (Phi) is 6.31. The second kappa shape index (κ2) is 9.28. The van der Waals surface area contributed by atoms with E-state index in [9.17, 15) is 9.18 Å². The first kappa shape index (κ1) is 20.4. The van der Waals surface area contributed by atoms with Gasteiger partial charge in [-0.25, -0.2) is 4.39 Å². The minimum Gasteiger partial charge on any atom is -0.369 e. The molecule has 1 saturated heterocycles. The molecule has 0 bridgehead atoms. The van der Waals surface area contributed by atoms with Crippen LogP contribution in [0.15, 0.2) is 72.8 Å². The fraction of sp³-hybridized carbons (Fsp3) is 0.208. The number of carbonyl (C=O) groups excluding carboxylic acids is 1. The second-order valence-electron chi connectivity index (χ2n) is 7.36. The van der Waals surface area contributed by atoms with Crippen molar-refractivity contribution in [3.63, 3.8) is 0 Å². The number of benzene rings is 3. The minimum absolute atomic E-state index is 0.254. The lowest BCUT2D eigenvalue weighted by Crippen LogP contribution is -2.46. The fourth-order valence-corrected chi connectivity index (χ4v) is 3.79. The number of amides is 1. The highest BCUT2D eigenvalue weighted by Gasteiger charge is 2.18. The first-order chi connectivity index (χ1) is 14.6. The molecule has 0 unspecified atom stereocenters. The second-order valence-corrected chi connectivity index (χ2v) is 7.77. The van der Waals surface area contributed by atoms with Gasteiger partial charge in [-0.1, -0.05) is 29.8 Å². The molecule has 1 aliphatic heterocycles. The van der Waals surface area contributed by atoms with Crippen LogP contribution < -0.4 is 10.2 Å². The van der Waals surface area contributed by atoms with Crippen LogP contribution in [0.2, 0.25) is 5.02 Å². The van der Waals surface area contributed by atoms with Crippen molar-refractivity contribution in [1.82, 2.24) is 4.90 Å². The molecule has 0 aromatic heterocycles. The van der Waals surface area contributed by atoms with Crippen LogP contribution >= 0.6 is 11.6 Å². The smallest absolute Gasteiger partial charge is 0.255 e. The highest BCUT2D eigenvalue weighted by molar-refractivity contribution is 6.31. The van der Waals surface area contributed by atoms with E-state index in [-0.39, 0.29) is 11.7 Å². The van der Waals surface area contributed by atoms with Gasteiger partial charge in [0.05, 0.1) is 0 Å². The van der Waals surface area contributed by atoms with E-state index in [2.05, 4.69) is 21.2 Å². The molecule has 3 aromatic rings. The molecular formula is C24H23ClFN3O. The number of nitrogens with one attached hydrogen (secondary N) is 1. The average Bonchev–Trinajstić information content (AvgIpc) is 2.77. The molecule has 6 heteroatoms. The Hall–Kier alpha value is -2.89. The SMILES string of the molecule is O=C(Nc1ccc(N2CCN(Cc3ccccc3Cl)CC2)cc1)c1ccc(F)cc1. The van der Waals surface area contributed by atoms with E-state index in [1.807, 2.05) is 42.5 Å². The Morgan fingerprint density at radius 3 is 2.23 bits per heavy atom. The molecule has 1 N–H and O–H groups in total. The van der Waals surface area contributed by atoms with E-state index in [4.69, 9.17) is 11.6 Å². The third kappa shape index (κ3) is 4.99. The summed E-state index contributed by atoms with van der Waals surface area (Å²) in [7, 11) is 0. The van der Waals surface area contributed by atoms with Gasteiger partial charge in [0, 0.05) is 54.7 Å². The topological polar surface area (TPSA) is 35.6 Å². The van der Waals surface area contributed by atoms with Crippen molar-refractivity contribution in [2.45, 2.75) is 6.54 Å². The summed E-state index contributed by atoms with van der Waals surface area (Å²) in [5.41, 5.74) is 3.43. The van der Waals surface area contributed by atoms with Crippen LogP contribution in [0.3, 0.4) is 0 Å². The van der Waals surface area contributed by atoms with E-state index < -0.39 is 0 Å². The van der Waals surface area contributed by atoms with Gasteiger partial charge in [0.25, 0.3) is 5.91 Å². The van der Waals surface area contributed by atoms with Gasteiger partial charge in [0.1, 0.15) is 5.82 Å². The predicted octanol–water partition coefficient (Wildman–Crippen LogP) is 5.05. The van der Waals surface area contributed by atoms with Gasteiger partial charge in [0.2, 0.25) is 0 Å². The molecule has 0 spiro atoms. The largest absolute Gasteiger partial charge is 0.369 e. The average molecular weight is 424 g/mol. The van der Waals surface area contributed by atoms with Gasteiger partial charge in [-0.2, -0.15) is 0 Å². The normalized spacial score (nSPS) is 14.5. The molecule has 154 valence electrons. The summed E-state index contributed by atoms with van der Waals surface area (Å²) in [5, 5.41) is 3.66. The van der Waals surface area contributed by atoms with Crippen LogP contribution in [0.5, 0.6) is 0 Å². The van der Waals surface area contributed by atoms with E-state index in [1.165, 1.54) is 24.3 Å². The number of anilines is 2. The first-order valence-electron chi connectivity index (χ1n) is 9.96. The number of rotatable bonds is 5. The van der Waals surface area contributed by atoms with Crippen molar-refractivity contribution in [3.8, 4) is 0 Å². The van der Waals surface area contributed by atoms with Crippen LogP contribution in [0.1, 0.15) is 15.9 Å². The van der Waals surface area contributed by atoms with Crippen LogP contribution in [0.4, 0.5) is 15.8 Å². The molecule has 1 amide bonds. The quantitative estimate of drug-likeness (QED) is 0.623. The predicted molar refractivity (Wildman–Crippen MR) is 120 cm³/mol. The minimum atomic E-state index is -0.358. The first-order valence-corrected chi connectivity index (χ1v) is 10.3. The zero-order valence-electron chi connectivity index (χ0n) is 16.5. The van der Waals surface area contributed by atoms with Crippen LogP contribution in [-0.4, -0.2) is 37.0 Å². The molecule has 0 aliphatic carbocycles. The number of nitrogens with zero attached hydrogens (tertiary/aromatic N) is 2. The summed E-state index contributed by atoms with van der Waals surface area (Å²) in [6, 6.07) is 21.3. The maximum Gasteiger partial charge on any atom is 0.255 e. The van der Waals surface area contributed by atoms with Crippen molar-refractivity contribution in [2.75, 3.05) is 36.4 Å². The third-order valence-electron chi connectivity index (χ3n) is 5.32. The highest BCUT2D eigenvalue weighted by Crippen LogP contribution is 2.22. The van der Waals surface area contributed by atoms with E-state index in [0.717, 1.165) is 49.0 Å². The summed E-state index contributed by atoms with van der Waals surface area (Å²) in [4.78, 5) is 17.0. The Morgan fingerprint density at radius 1 is 0.900 bits per heavy atom. The van der Waals surface area contributed by atoms with Gasteiger partial charge >= 0.3 is 0 Å². The number of hydrogen-bond donors (Lipinski definition) is 1. The maximum absolute atomic E-state index is 13.0. The molecule has 30 heavy (non-hydrogen) atoms. The van der Waals surface area contributed by atoms with Crippen molar-refractivity contribution in [1.29, 1.82) is 0 Å². The van der Waals surface area contributed by atoms with Crippen molar-refractivity contribution in [2.24, 2.45) is 0 Å². The standard InChI is InChI=1S/C24H23ClFN3O/c25-23-4-2-1-3-19(23)17-28-13-15-29(16-14-28)22-11-9-21(10-12-22)27-24(30)18-5-7-20(26)8-6-18/h1-12H,13-17H2,(H,27,30). The molecule has 1 fully saturated rings. The Bertz CT molecular complexity index is 1000. The lowest BCUT2D eigenvalue weighted by atomic mass is 10.1. The third-order valence-corrected chi connectivity index (χ3v) is 5.69. The van der Waals surface area contributed by atoms with Gasteiger partial charge in [-0.05, 0) is 60.2 Å². The molecule has 4 nitrogen and oxygen atoms in total. The van der Waals surface area contributed by atoms with Gasteiger partial charge in [-0.15, -0.1) is 0 Å². The molecule has 0 atom stereocenters. The molecule has 4 rings (SSSR count). The Balaban J connectivity index is 1.31. The Labute approximate surface area is 180 Å². The van der Waals surface area contributed by atoms with Crippen molar-refractivity contribution >= 4 is 28.9 Å². The lowest BCUT2D eigenvalue weighted by molar-refractivity contribution is 0.102. The summed E-state index contributed by atoms with van der Waals surface area (Å²) in [5.74, 6) is -0.612. The zero-order chi connectivity index (χ0) is 20.9. The lowest BCUT2D eigenvalue weighted by Gasteiger charge is -2.36. The van der Waals surface area contributed by atoms with Crippen LogP contribution in [0, 0.1) is 5.82 Å². The molecule has 1 aliphatic rings. The summed E-state index contributed by atoms with van der Waals surface area (Å²) < 4.78 is 13.0. The summed E-state index contributed by atoms with van der Waals surface area (Å²) in [6.07, 6.45) is 0. The maximum atomic E-state index is 13.0. The highest BCUT2D eigenvalue weighted by atomic mass is 35.5. The van der Waals surface area contributed by atoms with Crippen molar-refractivity contribution < 1.29 is 9.18 Å². The molecule has 3 aromatic carbocycles. The molecule has 1 heterocycles. The van der Waals surface area contributed by atoms with Crippen molar-refractivity contribution in [3.05, 3.63) is 94.8 Å². The van der Waals surface area contributed by atoms with Gasteiger partial charge in [0.15, 0.2) is 0 Å². The summed E-state index contributed by atoms with van der Waals surface area (Å²) >= 11 is 6.28. The van der Waals surface area contributed by atoms with Gasteiger partial charge in [-0.3, -0.25) is 9.69 Å². The van der Waals surface area contributed by atoms with E-state index >= 15 is 0 Å². The molecular weight excluding hydrogens is 401 g/mol. The fourth-order valence-electron chi connectivity index (χ4n) is 3.59. The molecule has 0 saturated carbocycles. The number of halogens is 2. The number of piperazine rings is 1. The van der Waals surface area contributed by atoms with E-state index in [0.29, 0.717) is 11.3 Å². The van der Waals surface area contributed by atoms with E-state index in [1.54, 1.807) is 0 Å². The summed E-state index contributed by atoms with van der Waals surface area (Å²) in [6.45, 7) is 4.67. The van der Waals surface area contributed by atoms with Crippen LogP contribution in [-0.2, 0) is 6.54 Å². The number of carbonyl (C=O) groups is 1. The Morgan fingerprint density at radius 2 is 1.57 bits per heavy atom. The van der Waals surface area contributed by atoms with Gasteiger partial charge < -0.3 is 10.2 Å². The monoisotopic (exact) mass is 423 g/mol. The molecule has 0 radical (unpaired) electrons.